The van der Waals surface area contributed by atoms with Crippen LogP contribution in [0.3, 0.4) is 0 Å². The molecule has 2 aromatic carbocycles. The van der Waals surface area contributed by atoms with Gasteiger partial charge in [-0.3, -0.25) is 14.4 Å². The van der Waals surface area contributed by atoms with E-state index < -0.39 is 5.91 Å². The summed E-state index contributed by atoms with van der Waals surface area (Å²) in [5, 5.41) is 11.1. The maximum Gasteiger partial charge on any atom is 0.271 e. The molecule has 0 spiro atoms. The van der Waals surface area contributed by atoms with Gasteiger partial charge in [-0.2, -0.15) is 5.10 Å². The maximum atomic E-state index is 12.9. The Morgan fingerprint density at radius 1 is 1.10 bits per heavy atom. The zero-order valence-electron chi connectivity index (χ0n) is 17.9. The molecule has 2 aromatic rings. The van der Waals surface area contributed by atoms with Crippen molar-refractivity contribution in [2.24, 2.45) is 5.10 Å². The Morgan fingerprint density at radius 3 is 2.65 bits per heavy atom. The van der Waals surface area contributed by atoms with Gasteiger partial charge in [0.25, 0.3) is 11.8 Å². The molecule has 3 amide bonds. The summed E-state index contributed by atoms with van der Waals surface area (Å²) in [4.78, 5) is 37.8. The van der Waals surface area contributed by atoms with Crippen molar-refractivity contribution in [2.75, 3.05) is 30.6 Å². The molecule has 8 nitrogen and oxygen atoms in total. The Labute approximate surface area is 181 Å². The number of ether oxygens (including phenoxy) is 1. The molecule has 0 aromatic heterocycles. The third-order valence-electron chi connectivity index (χ3n) is 4.90. The summed E-state index contributed by atoms with van der Waals surface area (Å²) in [6.45, 7) is 4.57. The Kier molecular flexibility index (Phi) is 7.15. The van der Waals surface area contributed by atoms with Gasteiger partial charge in [0.1, 0.15) is 5.71 Å². The van der Waals surface area contributed by atoms with Gasteiger partial charge in [-0.05, 0) is 43.2 Å². The average Bonchev–Trinajstić information content (AvgIpc) is 2.76. The first kappa shape index (κ1) is 22.2. The lowest BCUT2D eigenvalue weighted by atomic mass is 10.1. The predicted molar refractivity (Wildman–Crippen MR) is 119 cm³/mol. The van der Waals surface area contributed by atoms with Crippen LogP contribution in [0.15, 0.2) is 47.6 Å². The maximum absolute atomic E-state index is 12.9. The number of nitrogens with zero attached hydrogens (tertiary/aromatic N) is 2. The fourth-order valence-electron chi connectivity index (χ4n) is 3.20. The van der Waals surface area contributed by atoms with E-state index in [1.807, 2.05) is 32.0 Å². The van der Waals surface area contributed by atoms with Crippen LogP contribution in [0.2, 0.25) is 0 Å². The number of nitrogens with one attached hydrogen (secondary N) is 2. The van der Waals surface area contributed by atoms with E-state index in [2.05, 4.69) is 15.7 Å². The molecule has 1 aliphatic rings. The molecule has 8 heteroatoms. The number of carbonyl (C=O) groups is 3. The van der Waals surface area contributed by atoms with E-state index in [-0.39, 0.29) is 30.4 Å². The van der Waals surface area contributed by atoms with Gasteiger partial charge in [-0.1, -0.05) is 24.3 Å². The van der Waals surface area contributed by atoms with Crippen molar-refractivity contribution < 1.29 is 19.1 Å². The molecular weight excluding hydrogens is 396 g/mol. The normalized spacial score (nSPS) is 13.6. The highest BCUT2D eigenvalue weighted by Gasteiger charge is 2.27. The zero-order chi connectivity index (χ0) is 22.4. The number of hydrazone groups is 1. The van der Waals surface area contributed by atoms with E-state index in [1.165, 1.54) is 5.01 Å². The van der Waals surface area contributed by atoms with Crippen LogP contribution in [0.4, 0.5) is 11.4 Å². The molecule has 0 fully saturated rings. The monoisotopic (exact) mass is 422 g/mol. The van der Waals surface area contributed by atoms with Crippen LogP contribution in [-0.2, 0) is 14.3 Å². The molecule has 0 saturated heterocycles. The summed E-state index contributed by atoms with van der Waals surface area (Å²) < 4.78 is 4.94. The fraction of sp³-hybridized carbons (Fsp3) is 0.304. The van der Waals surface area contributed by atoms with Gasteiger partial charge in [-0.25, -0.2) is 5.01 Å². The van der Waals surface area contributed by atoms with Crippen molar-refractivity contribution >= 4 is 34.8 Å². The Bertz CT molecular complexity index is 1030. The van der Waals surface area contributed by atoms with Crippen LogP contribution in [0.25, 0.3) is 0 Å². The minimum atomic E-state index is -0.444. The van der Waals surface area contributed by atoms with E-state index in [0.717, 1.165) is 11.1 Å². The van der Waals surface area contributed by atoms with Crippen LogP contribution in [0.1, 0.15) is 34.3 Å². The third kappa shape index (κ3) is 5.35. The molecule has 1 heterocycles. The van der Waals surface area contributed by atoms with E-state index in [4.69, 9.17) is 4.74 Å². The SMILES string of the molecule is COCCNC(=O)c1ccccc1NC(=O)C1=NN(c2cc(C)ccc2C)C(=O)CC1. The smallest absolute Gasteiger partial charge is 0.271 e. The average molecular weight is 422 g/mol. The summed E-state index contributed by atoms with van der Waals surface area (Å²) in [5.74, 6) is -0.922. The first-order valence-corrected chi connectivity index (χ1v) is 10.1. The number of rotatable bonds is 7. The van der Waals surface area contributed by atoms with Gasteiger partial charge in [0.05, 0.1) is 23.5 Å². The van der Waals surface area contributed by atoms with Crippen molar-refractivity contribution in [1.82, 2.24) is 5.32 Å². The number of carbonyl (C=O) groups excluding carboxylic acids is 3. The topological polar surface area (TPSA) is 100 Å². The van der Waals surface area contributed by atoms with Crippen LogP contribution in [-0.4, -0.2) is 43.7 Å². The second-order valence-corrected chi connectivity index (χ2v) is 7.29. The Morgan fingerprint density at radius 2 is 1.87 bits per heavy atom. The van der Waals surface area contributed by atoms with E-state index in [9.17, 15) is 14.4 Å². The van der Waals surface area contributed by atoms with Gasteiger partial charge in [0.15, 0.2) is 0 Å². The van der Waals surface area contributed by atoms with Gasteiger partial charge in [-0.15, -0.1) is 0 Å². The van der Waals surface area contributed by atoms with Crippen LogP contribution < -0.4 is 15.6 Å². The van der Waals surface area contributed by atoms with Crippen molar-refractivity contribution in [2.45, 2.75) is 26.7 Å². The highest BCUT2D eigenvalue weighted by molar-refractivity contribution is 6.44. The fourth-order valence-corrected chi connectivity index (χ4v) is 3.20. The second kappa shape index (κ2) is 9.99. The zero-order valence-corrected chi connectivity index (χ0v) is 17.9. The van der Waals surface area contributed by atoms with Gasteiger partial charge in [0, 0.05) is 26.5 Å². The quantitative estimate of drug-likeness (QED) is 0.670. The van der Waals surface area contributed by atoms with Gasteiger partial charge >= 0.3 is 0 Å². The van der Waals surface area contributed by atoms with Crippen molar-refractivity contribution in [3.8, 4) is 0 Å². The molecule has 2 N–H and O–H groups in total. The van der Waals surface area contributed by atoms with Crippen molar-refractivity contribution in [1.29, 1.82) is 0 Å². The van der Waals surface area contributed by atoms with E-state index in [0.29, 0.717) is 30.1 Å². The number of anilines is 2. The van der Waals surface area contributed by atoms with Crippen molar-refractivity contribution in [3.63, 3.8) is 0 Å². The van der Waals surface area contributed by atoms with E-state index >= 15 is 0 Å². The van der Waals surface area contributed by atoms with Gasteiger partial charge in [0.2, 0.25) is 5.91 Å². The van der Waals surface area contributed by atoms with Crippen LogP contribution in [0, 0.1) is 13.8 Å². The molecule has 3 rings (SSSR count). The lowest BCUT2D eigenvalue weighted by molar-refractivity contribution is -0.118. The summed E-state index contributed by atoms with van der Waals surface area (Å²) >= 11 is 0. The summed E-state index contributed by atoms with van der Waals surface area (Å²) in [5.41, 5.74) is 3.49. The first-order chi connectivity index (χ1) is 14.9. The molecule has 0 bridgehead atoms. The summed E-state index contributed by atoms with van der Waals surface area (Å²) in [6, 6.07) is 12.5. The minimum absolute atomic E-state index is 0.164. The number of hydrogen-bond donors (Lipinski definition) is 2. The molecular formula is C23H26N4O4. The first-order valence-electron chi connectivity index (χ1n) is 10.1. The molecule has 1 aliphatic heterocycles. The molecule has 0 aliphatic carbocycles. The summed E-state index contributed by atoms with van der Waals surface area (Å²) in [6.07, 6.45) is 0.410. The molecule has 0 atom stereocenters. The third-order valence-corrected chi connectivity index (χ3v) is 4.90. The lowest BCUT2D eigenvalue weighted by Gasteiger charge is -2.25. The predicted octanol–water partition coefficient (Wildman–Crippen LogP) is 2.80. The number of amides is 3. The number of aryl methyl sites for hydroxylation is 2. The molecule has 31 heavy (non-hydrogen) atoms. The number of methoxy groups -OCH3 is 1. The Balaban J connectivity index is 1.81. The number of para-hydroxylation sites is 1. The number of benzene rings is 2. The largest absolute Gasteiger partial charge is 0.383 e. The van der Waals surface area contributed by atoms with Crippen molar-refractivity contribution in [3.05, 3.63) is 59.2 Å². The van der Waals surface area contributed by atoms with Crippen LogP contribution >= 0.6 is 0 Å². The van der Waals surface area contributed by atoms with E-state index in [1.54, 1.807) is 31.4 Å². The van der Waals surface area contributed by atoms with Gasteiger partial charge < -0.3 is 15.4 Å². The second-order valence-electron chi connectivity index (χ2n) is 7.29. The molecule has 0 saturated carbocycles. The highest BCUT2D eigenvalue weighted by Crippen LogP contribution is 2.26. The lowest BCUT2D eigenvalue weighted by Crippen LogP contribution is -2.37. The standard InChI is InChI=1S/C23H26N4O4/c1-15-8-9-16(2)20(14-15)27-21(28)11-10-19(26-27)23(30)25-18-7-5-4-6-17(18)22(29)24-12-13-31-3/h4-9,14H,10-13H2,1-3H3,(H,24,29)(H,25,30). The molecule has 162 valence electrons. The van der Waals surface area contributed by atoms with Crippen LogP contribution in [0.5, 0.6) is 0 Å². The Hall–Kier alpha value is -3.52. The number of hydrogen-bond acceptors (Lipinski definition) is 5. The summed E-state index contributed by atoms with van der Waals surface area (Å²) in [7, 11) is 1.55. The highest BCUT2D eigenvalue weighted by atomic mass is 16.5. The minimum Gasteiger partial charge on any atom is -0.383 e. The molecule has 0 radical (unpaired) electrons. The molecule has 0 unspecified atom stereocenters.